The summed E-state index contributed by atoms with van der Waals surface area (Å²) in [6.45, 7) is 1.21. The van der Waals surface area contributed by atoms with Gasteiger partial charge in [0.2, 0.25) is 12.5 Å². The van der Waals surface area contributed by atoms with Gasteiger partial charge in [0.1, 0.15) is 0 Å². The Labute approximate surface area is 193 Å². The highest BCUT2D eigenvalue weighted by Gasteiger charge is 2.32. The molecule has 3 heterocycles. The standard InChI is InChI=1S/C26H29ClNO4/c1-29-22-9-8-18-19(7-5-3-4-6-11-27)25-20-14-24-23(31-16-32-24)13-17(20)10-12-28(25)15-21(18)26(22)30-2/h8-9,13-15H,3-7,10-12,16H2,1-2H3/q+1. The Bertz CT molecular complexity index is 1160. The van der Waals surface area contributed by atoms with Gasteiger partial charge in [0, 0.05) is 23.3 Å². The van der Waals surface area contributed by atoms with E-state index in [0.29, 0.717) is 6.79 Å². The predicted octanol–water partition coefficient (Wildman–Crippen LogP) is 5.44. The van der Waals surface area contributed by atoms with E-state index in [-0.39, 0.29) is 0 Å². The van der Waals surface area contributed by atoms with Crippen molar-refractivity contribution in [1.29, 1.82) is 0 Å². The number of aryl methyl sites for hydroxylation is 3. The Kier molecular flexibility index (Phi) is 6.01. The van der Waals surface area contributed by atoms with Crippen LogP contribution in [0.3, 0.4) is 0 Å². The van der Waals surface area contributed by atoms with Crippen LogP contribution in [-0.4, -0.2) is 26.9 Å². The smallest absolute Gasteiger partial charge is 0.231 e. The van der Waals surface area contributed by atoms with Crippen molar-refractivity contribution in [2.75, 3.05) is 26.9 Å². The van der Waals surface area contributed by atoms with E-state index in [1.54, 1.807) is 14.2 Å². The van der Waals surface area contributed by atoms with Gasteiger partial charge in [-0.05, 0) is 49.1 Å². The Morgan fingerprint density at radius 2 is 1.78 bits per heavy atom. The van der Waals surface area contributed by atoms with Gasteiger partial charge in [0.05, 0.1) is 25.2 Å². The largest absolute Gasteiger partial charge is 0.493 e. The minimum atomic E-state index is 0.292. The van der Waals surface area contributed by atoms with Crippen LogP contribution >= 0.6 is 11.6 Å². The molecule has 0 saturated heterocycles. The topological polar surface area (TPSA) is 40.8 Å². The molecular formula is C26H29ClNO4+. The monoisotopic (exact) mass is 454 g/mol. The van der Waals surface area contributed by atoms with E-state index >= 15 is 0 Å². The summed E-state index contributed by atoms with van der Waals surface area (Å²) in [5.74, 6) is 3.97. The molecule has 0 unspecified atom stereocenters. The van der Waals surface area contributed by atoms with Crippen LogP contribution in [0, 0.1) is 0 Å². The van der Waals surface area contributed by atoms with Crippen LogP contribution < -0.4 is 23.5 Å². The van der Waals surface area contributed by atoms with Gasteiger partial charge in [-0.15, -0.1) is 11.6 Å². The molecule has 1 aromatic heterocycles. The summed E-state index contributed by atoms with van der Waals surface area (Å²) < 4.78 is 25.1. The SMILES string of the molecule is COc1ccc2c(CCCCCCCl)c3[n+](cc2c1OC)CCc1cc2c(cc1-3)OCO2. The molecule has 2 aromatic carbocycles. The van der Waals surface area contributed by atoms with Gasteiger partial charge < -0.3 is 18.9 Å². The van der Waals surface area contributed by atoms with Crippen LogP contribution in [0.4, 0.5) is 0 Å². The molecule has 0 N–H and O–H groups in total. The molecule has 6 heteroatoms. The molecular weight excluding hydrogens is 426 g/mol. The van der Waals surface area contributed by atoms with Crippen molar-refractivity contribution in [2.24, 2.45) is 0 Å². The van der Waals surface area contributed by atoms with E-state index in [9.17, 15) is 0 Å². The van der Waals surface area contributed by atoms with E-state index in [4.69, 9.17) is 30.5 Å². The molecule has 0 aliphatic carbocycles. The molecule has 0 fully saturated rings. The summed E-state index contributed by atoms with van der Waals surface area (Å²) in [7, 11) is 3.40. The average molecular weight is 455 g/mol. The van der Waals surface area contributed by atoms with Crippen molar-refractivity contribution in [3.8, 4) is 34.3 Å². The second kappa shape index (κ2) is 9.07. The van der Waals surface area contributed by atoms with Gasteiger partial charge in [0.15, 0.2) is 35.7 Å². The van der Waals surface area contributed by atoms with Crippen molar-refractivity contribution in [3.63, 3.8) is 0 Å². The summed E-state index contributed by atoms with van der Waals surface area (Å²) >= 11 is 5.88. The van der Waals surface area contributed by atoms with Crippen LogP contribution in [0.2, 0.25) is 0 Å². The normalized spacial score (nSPS) is 13.7. The lowest BCUT2D eigenvalue weighted by Crippen LogP contribution is -2.41. The molecule has 168 valence electrons. The highest BCUT2D eigenvalue weighted by atomic mass is 35.5. The van der Waals surface area contributed by atoms with Crippen molar-refractivity contribution >= 4 is 22.4 Å². The van der Waals surface area contributed by atoms with Crippen molar-refractivity contribution in [1.82, 2.24) is 0 Å². The molecule has 0 amide bonds. The lowest BCUT2D eigenvalue weighted by atomic mass is 9.89. The first-order valence-corrected chi connectivity index (χ1v) is 11.9. The average Bonchev–Trinajstić information content (AvgIpc) is 3.28. The number of unbranched alkanes of at least 4 members (excludes halogenated alkanes) is 3. The minimum absolute atomic E-state index is 0.292. The number of methoxy groups -OCH3 is 2. The third kappa shape index (κ3) is 3.62. The second-order valence-electron chi connectivity index (χ2n) is 8.38. The highest BCUT2D eigenvalue weighted by molar-refractivity contribution is 6.17. The third-order valence-corrected chi connectivity index (χ3v) is 6.82. The Balaban J connectivity index is 1.68. The lowest BCUT2D eigenvalue weighted by molar-refractivity contribution is -0.686. The van der Waals surface area contributed by atoms with E-state index in [1.807, 2.05) is 6.07 Å². The van der Waals surface area contributed by atoms with Gasteiger partial charge in [-0.25, -0.2) is 0 Å². The molecule has 5 nitrogen and oxygen atoms in total. The first-order valence-electron chi connectivity index (χ1n) is 11.3. The summed E-state index contributed by atoms with van der Waals surface area (Å²) in [4.78, 5) is 0. The number of aromatic nitrogens is 1. The fourth-order valence-corrected chi connectivity index (χ4v) is 5.20. The first kappa shape index (κ1) is 21.2. The number of pyridine rings is 1. The van der Waals surface area contributed by atoms with Crippen molar-refractivity contribution < 1.29 is 23.5 Å². The lowest BCUT2D eigenvalue weighted by Gasteiger charge is -2.21. The minimum Gasteiger partial charge on any atom is -0.493 e. The zero-order chi connectivity index (χ0) is 22.1. The van der Waals surface area contributed by atoms with Gasteiger partial charge >= 0.3 is 0 Å². The Morgan fingerprint density at radius 3 is 2.56 bits per heavy atom. The Hall–Kier alpha value is -2.66. The second-order valence-corrected chi connectivity index (χ2v) is 8.76. The van der Waals surface area contributed by atoms with E-state index in [1.165, 1.54) is 34.2 Å². The number of nitrogens with zero attached hydrogens (tertiary/aromatic N) is 1. The van der Waals surface area contributed by atoms with Crippen LogP contribution in [-0.2, 0) is 19.4 Å². The molecule has 0 spiro atoms. The molecule has 0 radical (unpaired) electrons. The van der Waals surface area contributed by atoms with Gasteiger partial charge in [-0.2, -0.15) is 4.57 Å². The number of halogens is 1. The van der Waals surface area contributed by atoms with Gasteiger partial charge in [-0.3, -0.25) is 0 Å². The summed E-state index contributed by atoms with van der Waals surface area (Å²) in [5, 5.41) is 2.31. The highest BCUT2D eigenvalue weighted by Crippen LogP contribution is 2.43. The maximum Gasteiger partial charge on any atom is 0.231 e. The molecule has 0 atom stereocenters. The van der Waals surface area contributed by atoms with Crippen LogP contribution in [0.15, 0.2) is 30.5 Å². The number of hydrogen-bond donors (Lipinski definition) is 0. The number of ether oxygens (including phenoxy) is 4. The van der Waals surface area contributed by atoms with Crippen molar-refractivity contribution in [2.45, 2.75) is 45.1 Å². The van der Waals surface area contributed by atoms with Crippen molar-refractivity contribution in [3.05, 3.63) is 41.6 Å². The number of rotatable bonds is 8. The molecule has 32 heavy (non-hydrogen) atoms. The van der Waals surface area contributed by atoms with Crippen LogP contribution in [0.1, 0.15) is 36.8 Å². The number of alkyl halides is 1. The van der Waals surface area contributed by atoms with Crippen LogP contribution in [0.5, 0.6) is 23.0 Å². The van der Waals surface area contributed by atoms with Gasteiger partial charge in [0.25, 0.3) is 0 Å². The molecule has 5 rings (SSSR count). The maximum atomic E-state index is 5.88. The molecule has 3 aromatic rings. The van der Waals surface area contributed by atoms with E-state index < -0.39 is 0 Å². The predicted molar refractivity (Wildman–Crippen MR) is 125 cm³/mol. The Morgan fingerprint density at radius 1 is 0.969 bits per heavy atom. The summed E-state index contributed by atoms with van der Waals surface area (Å²) in [6.07, 6.45) is 8.70. The van der Waals surface area contributed by atoms with Crippen LogP contribution in [0.25, 0.3) is 22.0 Å². The molecule has 0 saturated carbocycles. The first-order chi connectivity index (χ1) is 15.7. The van der Waals surface area contributed by atoms with E-state index in [2.05, 4.69) is 29.0 Å². The zero-order valence-corrected chi connectivity index (χ0v) is 19.5. The molecule has 2 aliphatic heterocycles. The number of benzene rings is 2. The quantitative estimate of drug-likeness (QED) is 0.258. The number of fused-ring (bicyclic) bond motifs is 5. The van der Waals surface area contributed by atoms with E-state index in [0.717, 1.165) is 72.9 Å². The molecule has 2 aliphatic rings. The molecule has 0 bridgehead atoms. The summed E-state index contributed by atoms with van der Waals surface area (Å²) in [5.41, 5.74) is 5.20. The van der Waals surface area contributed by atoms with Gasteiger partial charge in [-0.1, -0.05) is 12.8 Å². The zero-order valence-electron chi connectivity index (χ0n) is 18.7. The number of hydrogen-bond acceptors (Lipinski definition) is 4. The third-order valence-electron chi connectivity index (χ3n) is 6.55. The maximum absolute atomic E-state index is 5.88. The summed E-state index contributed by atoms with van der Waals surface area (Å²) in [6, 6.07) is 8.50. The fraction of sp³-hybridized carbons (Fsp3) is 0.423. The fourth-order valence-electron chi connectivity index (χ4n) is 5.01.